The zero-order chi connectivity index (χ0) is 13.1. The minimum absolute atomic E-state index is 0.192. The number of rotatable bonds is 1. The third-order valence-electron chi connectivity index (χ3n) is 2.85. The van der Waals surface area contributed by atoms with Crippen LogP contribution >= 0.6 is 27.5 Å². The molecule has 2 rings (SSSR count). The van der Waals surface area contributed by atoms with Gasteiger partial charge in [-0.1, -0.05) is 11.6 Å². The molecule has 0 saturated carbocycles. The van der Waals surface area contributed by atoms with E-state index in [1.807, 2.05) is 0 Å². The van der Waals surface area contributed by atoms with Crippen molar-refractivity contribution in [2.75, 3.05) is 18.4 Å². The van der Waals surface area contributed by atoms with Gasteiger partial charge in [0.1, 0.15) is 0 Å². The monoisotopic (exact) mass is 332 g/mol. The lowest BCUT2D eigenvalue weighted by atomic mass is 10.1. The molecular weight excluding hydrogens is 320 g/mol. The number of aliphatic hydroxyl groups excluding tert-OH is 1. The minimum Gasteiger partial charge on any atom is -0.391 e. The minimum atomic E-state index is -0.415. The van der Waals surface area contributed by atoms with Crippen LogP contribution in [-0.2, 0) is 0 Å². The molecule has 2 N–H and O–H groups in total. The Hall–Kier alpha value is -0.780. The van der Waals surface area contributed by atoms with Crippen LogP contribution in [0, 0.1) is 0 Å². The molecule has 1 aliphatic rings. The summed E-state index contributed by atoms with van der Waals surface area (Å²) in [5.74, 6) is 0. The lowest BCUT2D eigenvalue weighted by Gasteiger charge is -2.30. The molecular formula is C12H14BrClN2O2. The summed E-state index contributed by atoms with van der Waals surface area (Å²) in [5, 5.41) is 12.9. The molecule has 1 fully saturated rings. The Labute approximate surface area is 119 Å². The molecule has 0 bridgehead atoms. The first-order valence-electron chi connectivity index (χ1n) is 5.75. The van der Waals surface area contributed by atoms with E-state index in [1.54, 1.807) is 23.1 Å². The molecule has 0 aliphatic carbocycles. The fourth-order valence-electron chi connectivity index (χ4n) is 1.92. The highest BCUT2D eigenvalue weighted by Gasteiger charge is 2.21. The predicted octanol–water partition coefficient (Wildman–Crippen LogP) is 3.09. The summed E-state index contributed by atoms with van der Waals surface area (Å²) in [6.45, 7) is 1.07. The van der Waals surface area contributed by atoms with Gasteiger partial charge in [-0.05, 0) is 47.0 Å². The van der Waals surface area contributed by atoms with E-state index >= 15 is 0 Å². The number of nitrogens with zero attached hydrogens (tertiary/aromatic N) is 1. The van der Waals surface area contributed by atoms with E-state index in [2.05, 4.69) is 21.2 Å². The lowest BCUT2D eigenvalue weighted by Crippen LogP contribution is -2.44. The highest BCUT2D eigenvalue weighted by molar-refractivity contribution is 9.10. The molecule has 6 heteroatoms. The van der Waals surface area contributed by atoms with E-state index in [-0.39, 0.29) is 6.03 Å². The Morgan fingerprint density at radius 3 is 3.00 bits per heavy atom. The van der Waals surface area contributed by atoms with Crippen molar-refractivity contribution in [3.63, 3.8) is 0 Å². The van der Waals surface area contributed by atoms with Crippen LogP contribution in [0.15, 0.2) is 22.7 Å². The summed E-state index contributed by atoms with van der Waals surface area (Å²) in [6.07, 6.45) is 1.18. The van der Waals surface area contributed by atoms with Crippen LogP contribution in [0.25, 0.3) is 0 Å². The molecule has 1 heterocycles. The second kappa shape index (κ2) is 5.91. The van der Waals surface area contributed by atoms with Crippen molar-refractivity contribution in [1.29, 1.82) is 0 Å². The van der Waals surface area contributed by atoms with Crippen LogP contribution in [0.4, 0.5) is 10.5 Å². The quantitative estimate of drug-likeness (QED) is 0.830. The number of aliphatic hydroxyl groups is 1. The number of piperidine rings is 1. The van der Waals surface area contributed by atoms with Crippen LogP contribution in [0.1, 0.15) is 12.8 Å². The van der Waals surface area contributed by atoms with E-state index in [1.165, 1.54) is 0 Å². The number of carbonyl (C=O) groups is 1. The maximum atomic E-state index is 12.0. The van der Waals surface area contributed by atoms with Gasteiger partial charge in [0.25, 0.3) is 0 Å². The molecule has 0 aromatic heterocycles. The molecule has 0 radical (unpaired) electrons. The smallest absolute Gasteiger partial charge is 0.321 e. The Kier molecular flexibility index (Phi) is 4.48. The molecule has 2 amide bonds. The van der Waals surface area contributed by atoms with Gasteiger partial charge in [0, 0.05) is 23.2 Å². The summed E-state index contributed by atoms with van der Waals surface area (Å²) in [4.78, 5) is 13.6. The summed E-state index contributed by atoms with van der Waals surface area (Å²) in [7, 11) is 0. The molecule has 98 valence electrons. The molecule has 4 nitrogen and oxygen atoms in total. The first-order chi connectivity index (χ1) is 8.56. The maximum Gasteiger partial charge on any atom is 0.321 e. The van der Waals surface area contributed by atoms with Crippen molar-refractivity contribution < 1.29 is 9.90 Å². The normalized spacial score (nSPS) is 19.7. The predicted molar refractivity (Wildman–Crippen MR) is 75.0 cm³/mol. The first kappa shape index (κ1) is 13.6. The van der Waals surface area contributed by atoms with E-state index < -0.39 is 6.10 Å². The van der Waals surface area contributed by atoms with Crippen molar-refractivity contribution >= 4 is 39.2 Å². The Balaban J connectivity index is 2.00. The van der Waals surface area contributed by atoms with Crippen LogP contribution in [0.2, 0.25) is 5.02 Å². The number of amides is 2. The highest BCUT2D eigenvalue weighted by atomic mass is 79.9. The number of β-amino-alcohol motifs (C(OH)–C–C–N with tert-alkyl or cyclic N) is 1. The fraction of sp³-hybridized carbons (Fsp3) is 0.417. The number of nitrogens with one attached hydrogen (secondary N) is 1. The molecule has 1 unspecified atom stereocenters. The average Bonchev–Trinajstić information content (AvgIpc) is 2.34. The molecule has 1 saturated heterocycles. The van der Waals surface area contributed by atoms with E-state index in [9.17, 15) is 9.90 Å². The van der Waals surface area contributed by atoms with Crippen LogP contribution in [-0.4, -0.2) is 35.2 Å². The number of urea groups is 1. The van der Waals surface area contributed by atoms with Gasteiger partial charge >= 0.3 is 6.03 Å². The summed E-state index contributed by atoms with van der Waals surface area (Å²) in [5.41, 5.74) is 0.677. The zero-order valence-corrected chi connectivity index (χ0v) is 12.0. The molecule has 1 aromatic carbocycles. The third kappa shape index (κ3) is 3.37. The number of carbonyl (C=O) groups excluding carboxylic acids is 1. The second-order valence-electron chi connectivity index (χ2n) is 4.30. The van der Waals surface area contributed by atoms with Gasteiger partial charge in [0.15, 0.2) is 0 Å². The van der Waals surface area contributed by atoms with Crippen molar-refractivity contribution in [3.05, 3.63) is 27.7 Å². The summed E-state index contributed by atoms with van der Waals surface area (Å²) in [6, 6.07) is 5.01. The molecule has 18 heavy (non-hydrogen) atoms. The number of likely N-dealkylation sites (tertiary alicyclic amines) is 1. The van der Waals surface area contributed by atoms with E-state index in [4.69, 9.17) is 11.6 Å². The van der Waals surface area contributed by atoms with Gasteiger partial charge in [-0.3, -0.25) is 0 Å². The molecule has 0 spiro atoms. The number of hydrogen-bond acceptors (Lipinski definition) is 2. The Morgan fingerprint density at radius 2 is 2.33 bits per heavy atom. The molecule has 1 atom stereocenters. The lowest BCUT2D eigenvalue weighted by molar-refractivity contribution is 0.0883. The first-order valence-corrected chi connectivity index (χ1v) is 6.92. The third-order valence-corrected chi connectivity index (χ3v) is 4.07. The van der Waals surface area contributed by atoms with Gasteiger partial charge in [0.2, 0.25) is 0 Å². The van der Waals surface area contributed by atoms with Crippen molar-refractivity contribution in [3.8, 4) is 0 Å². The van der Waals surface area contributed by atoms with Crippen molar-refractivity contribution in [1.82, 2.24) is 4.90 Å². The van der Waals surface area contributed by atoms with Crippen molar-refractivity contribution in [2.45, 2.75) is 18.9 Å². The largest absolute Gasteiger partial charge is 0.391 e. The van der Waals surface area contributed by atoms with Crippen LogP contribution < -0.4 is 5.32 Å². The standard InChI is InChI=1S/C12H14BrClN2O2/c13-10-6-8(3-4-11(10)14)15-12(18)16-5-1-2-9(17)7-16/h3-4,6,9,17H,1-2,5,7H2,(H,15,18). The number of halogens is 2. The van der Waals surface area contributed by atoms with Crippen LogP contribution in [0.3, 0.4) is 0 Å². The fourth-order valence-corrected chi connectivity index (χ4v) is 2.41. The topological polar surface area (TPSA) is 52.6 Å². The van der Waals surface area contributed by atoms with Crippen LogP contribution in [0.5, 0.6) is 0 Å². The SMILES string of the molecule is O=C(Nc1ccc(Cl)c(Br)c1)N1CCCC(O)C1. The summed E-state index contributed by atoms with van der Waals surface area (Å²) < 4.78 is 0.737. The van der Waals surface area contributed by atoms with Gasteiger partial charge < -0.3 is 15.3 Å². The number of hydrogen-bond donors (Lipinski definition) is 2. The van der Waals surface area contributed by atoms with Gasteiger partial charge in [-0.25, -0.2) is 4.79 Å². The van der Waals surface area contributed by atoms with Crippen molar-refractivity contribution in [2.24, 2.45) is 0 Å². The van der Waals surface area contributed by atoms with Gasteiger partial charge in [0.05, 0.1) is 11.1 Å². The maximum absolute atomic E-state index is 12.0. The second-order valence-corrected chi connectivity index (χ2v) is 5.56. The number of benzene rings is 1. The molecule has 1 aliphatic heterocycles. The molecule has 1 aromatic rings. The number of anilines is 1. The van der Waals surface area contributed by atoms with Gasteiger partial charge in [-0.2, -0.15) is 0 Å². The summed E-state index contributed by atoms with van der Waals surface area (Å²) >= 11 is 9.19. The Morgan fingerprint density at radius 1 is 1.56 bits per heavy atom. The zero-order valence-electron chi connectivity index (χ0n) is 9.70. The highest BCUT2D eigenvalue weighted by Crippen LogP contribution is 2.25. The van der Waals surface area contributed by atoms with Gasteiger partial charge in [-0.15, -0.1) is 0 Å². The van der Waals surface area contributed by atoms with E-state index in [0.717, 1.165) is 17.3 Å². The average molecular weight is 334 g/mol. The van der Waals surface area contributed by atoms with E-state index in [0.29, 0.717) is 23.8 Å². The Bertz CT molecular complexity index is 456.